The third kappa shape index (κ3) is 7.49. The molecule has 6 heteroatoms. The van der Waals surface area contributed by atoms with E-state index in [1.165, 1.54) is 49.8 Å². The molecule has 0 N–H and O–H groups in total. The van der Waals surface area contributed by atoms with Crippen molar-refractivity contribution in [3.63, 3.8) is 0 Å². The first-order chi connectivity index (χ1) is 46.8. The topological polar surface area (TPSA) is 44.4 Å². The van der Waals surface area contributed by atoms with Crippen molar-refractivity contribution in [2.45, 2.75) is 24.7 Å². The molecule has 5 nitrogen and oxygen atoms in total. The third-order valence-electron chi connectivity index (χ3n) is 21.4. The molecule has 1 spiro atoms. The highest BCUT2D eigenvalue weighted by molar-refractivity contribution is 7.00. The van der Waals surface area contributed by atoms with Gasteiger partial charge in [0.05, 0.1) is 39.5 Å². The lowest BCUT2D eigenvalue weighted by Gasteiger charge is -2.46. The minimum atomic E-state index is -0.739. The average molecular weight is 1210 g/mol. The zero-order chi connectivity index (χ0) is 62.8. The number of nitriles is 1. The fourth-order valence-electron chi connectivity index (χ4n) is 17.1. The first kappa shape index (κ1) is 53.5. The smallest absolute Gasteiger partial charge is 0.252 e. The lowest BCUT2D eigenvalue weighted by atomic mass is 9.33. The first-order valence-corrected chi connectivity index (χ1v) is 32.9. The van der Waals surface area contributed by atoms with Crippen LogP contribution < -0.4 is 30.9 Å². The fourth-order valence-corrected chi connectivity index (χ4v) is 17.1. The van der Waals surface area contributed by atoms with Gasteiger partial charge in [0, 0.05) is 66.9 Å². The van der Waals surface area contributed by atoms with E-state index in [1.807, 2.05) is 6.07 Å². The van der Waals surface area contributed by atoms with E-state index in [0.29, 0.717) is 5.56 Å². The number of aromatic nitrogens is 1. The number of anilines is 6. The van der Waals surface area contributed by atoms with Crippen LogP contribution in [0, 0.1) is 11.3 Å². The minimum absolute atomic E-state index is 0.288. The van der Waals surface area contributed by atoms with Gasteiger partial charge in [-0.25, -0.2) is 0 Å². The number of ether oxygens (including phenoxy) is 1. The highest BCUT2D eigenvalue weighted by atomic mass is 16.5. The summed E-state index contributed by atoms with van der Waals surface area (Å²) in [4.78, 5) is 5.28. The second-order valence-electron chi connectivity index (χ2n) is 26.6. The Morgan fingerprint density at radius 1 is 0.358 bits per heavy atom. The van der Waals surface area contributed by atoms with Crippen molar-refractivity contribution in [1.29, 1.82) is 5.26 Å². The van der Waals surface area contributed by atoms with Gasteiger partial charge in [0.1, 0.15) is 11.5 Å². The molecule has 95 heavy (non-hydrogen) atoms. The van der Waals surface area contributed by atoms with Gasteiger partial charge in [-0.15, -0.1) is 0 Å². The van der Waals surface area contributed by atoms with Crippen LogP contribution in [0.3, 0.4) is 0 Å². The minimum Gasteiger partial charge on any atom is -0.457 e. The molecule has 14 aromatic carbocycles. The van der Waals surface area contributed by atoms with Gasteiger partial charge in [-0.1, -0.05) is 244 Å². The highest BCUT2D eigenvalue weighted by Gasteiger charge is 2.54. The van der Waals surface area contributed by atoms with Crippen LogP contribution >= 0.6 is 0 Å². The van der Waals surface area contributed by atoms with Crippen molar-refractivity contribution in [2.24, 2.45) is 0 Å². The van der Waals surface area contributed by atoms with E-state index in [2.05, 4.69) is 338 Å². The van der Waals surface area contributed by atoms with E-state index in [-0.39, 0.29) is 6.71 Å². The Morgan fingerprint density at radius 2 is 0.926 bits per heavy atom. The van der Waals surface area contributed by atoms with Gasteiger partial charge in [-0.05, 0) is 162 Å². The monoisotopic (exact) mass is 1210 g/mol. The zero-order valence-electron chi connectivity index (χ0n) is 52.2. The molecule has 442 valence electrons. The summed E-state index contributed by atoms with van der Waals surface area (Å²) in [5.41, 5.74) is 31.2. The van der Waals surface area contributed by atoms with Crippen molar-refractivity contribution in [2.75, 3.05) is 9.80 Å². The Labute approximate surface area is 552 Å². The summed E-state index contributed by atoms with van der Waals surface area (Å²) in [5.74, 6) is 1.75. The Hall–Kier alpha value is -12.2. The van der Waals surface area contributed by atoms with Crippen LogP contribution in [-0.2, 0) is 10.8 Å². The van der Waals surface area contributed by atoms with Gasteiger partial charge in [-0.3, -0.25) is 0 Å². The largest absolute Gasteiger partial charge is 0.457 e. The number of fused-ring (bicyclic) bond motifs is 7. The van der Waals surface area contributed by atoms with Crippen LogP contribution in [0.15, 0.2) is 309 Å². The number of para-hydroxylation sites is 3. The fraction of sp³-hybridized carbons (Fsp3) is 0.0449. The van der Waals surface area contributed by atoms with Crippen LogP contribution in [0.25, 0.3) is 83.1 Å². The molecule has 0 saturated carbocycles. The van der Waals surface area contributed by atoms with Crippen LogP contribution in [0.5, 0.6) is 11.5 Å². The number of nitrogens with zero attached hydrogens (tertiary/aromatic N) is 4. The average Bonchev–Trinajstić information content (AvgIpc) is 1.56. The molecule has 0 amide bonds. The standard InChI is InChI=1S/C89H57BN4O/c1-88(2)62-40-43-80-76(48-62)90-77-53-75-70(68-30-15-17-34-72(68)89(75)73-35-18-20-37-84(73)95-85-49-63(88)39-41-74(85)89)52-81(77)93(64-46-60(56-22-7-3-8-23-56)45-61(47-64)57-24-9-4-10-25-57)82-50-65(92-78-36-19-16-31-69(78)71-44-55(54-91)38-42-79(71)92)51-83(86(82)90)94(80)87-66(58-26-11-5-12-27-58)32-21-33-67(87)59-28-13-6-14-29-59/h3-53H,1-2H3. The van der Waals surface area contributed by atoms with Gasteiger partial charge in [0.2, 0.25) is 0 Å². The lowest BCUT2D eigenvalue weighted by molar-refractivity contribution is 0.434. The molecule has 1 aromatic heterocycles. The van der Waals surface area contributed by atoms with E-state index in [9.17, 15) is 5.26 Å². The van der Waals surface area contributed by atoms with Crippen molar-refractivity contribution >= 4 is 79.0 Å². The number of hydrogen-bond acceptors (Lipinski definition) is 4. The molecule has 6 aliphatic rings. The first-order valence-electron chi connectivity index (χ1n) is 32.9. The normalized spacial score (nSPS) is 15.2. The summed E-state index contributed by atoms with van der Waals surface area (Å²) in [7, 11) is 0. The molecule has 6 heterocycles. The van der Waals surface area contributed by atoms with E-state index in [0.717, 1.165) is 129 Å². The van der Waals surface area contributed by atoms with Crippen LogP contribution in [0.2, 0.25) is 0 Å². The van der Waals surface area contributed by atoms with Gasteiger partial charge < -0.3 is 19.1 Å². The predicted octanol–water partition coefficient (Wildman–Crippen LogP) is 20.5. The molecule has 0 radical (unpaired) electrons. The van der Waals surface area contributed by atoms with Crippen molar-refractivity contribution in [1.82, 2.24) is 4.57 Å². The number of hydrogen-bond donors (Lipinski definition) is 0. The molecular formula is C89H57BN4O. The van der Waals surface area contributed by atoms with Crippen LogP contribution in [0.4, 0.5) is 34.1 Å². The summed E-state index contributed by atoms with van der Waals surface area (Å²) in [6.07, 6.45) is 0. The molecular weight excluding hydrogens is 1150 g/mol. The molecule has 15 aromatic rings. The molecule has 0 fully saturated rings. The Balaban J connectivity index is 1.00. The molecule has 8 bridgehead atoms. The van der Waals surface area contributed by atoms with Gasteiger partial charge in [0.15, 0.2) is 0 Å². The molecule has 21 rings (SSSR count). The third-order valence-corrected chi connectivity index (χ3v) is 21.4. The maximum atomic E-state index is 10.5. The molecule has 1 aliphatic carbocycles. The molecule has 1 atom stereocenters. The van der Waals surface area contributed by atoms with E-state index in [1.54, 1.807) is 0 Å². The summed E-state index contributed by atoms with van der Waals surface area (Å²) < 4.78 is 9.71. The predicted molar refractivity (Wildman–Crippen MR) is 391 cm³/mol. The lowest BCUT2D eigenvalue weighted by Crippen LogP contribution is -2.62. The zero-order valence-corrected chi connectivity index (χ0v) is 52.2. The van der Waals surface area contributed by atoms with E-state index in [4.69, 9.17) is 4.74 Å². The molecule has 0 saturated heterocycles. The Bertz CT molecular complexity index is 5710. The number of benzene rings is 14. The number of rotatable bonds is 7. The molecule has 1 unspecified atom stereocenters. The quantitative estimate of drug-likeness (QED) is 0.149. The second-order valence-corrected chi connectivity index (χ2v) is 26.6. The Kier molecular flexibility index (Phi) is 11.2. The van der Waals surface area contributed by atoms with Gasteiger partial charge in [-0.2, -0.15) is 5.26 Å². The maximum Gasteiger partial charge on any atom is 0.252 e. The van der Waals surface area contributed by atoms with Crippen molar-refractivity contribution in [3.8, 4) is 78.9 Å². The van der Waals surface area contributed by atoms with Crippen LogP contribution in [-0.4, -0.2) is 11.3 Å². The summed E-state index contributed by atoms with van der Waals surface area (Å²) in [5, 5.41) is 12.6. The SMILES string of the molecule is CC1(C)c2ccc3c(c2)Oc2ccccc2C32c3ccccc3-c3cc4c(cc32)B2c3cc1ccc3N(c1c(-c3ccccc3)cccc1-c1ccccc1)c1cc(-n3c5ccccc5c5cc(C#N)ccc53)cc(c12)N4c1cc(-c2ccccc2)cc(-c2ccccc2)c1. The van der Waals surface area contributed by atoms with E-state index >= 15 is 0 Å². The van der Waals surface area contributed by atoms with Crippen LogP contribution in [0.1, 0.15) is 52.8 Å². The Morgan fingerprint density at radius 3 is 1.63 bits per heavy atom. The summed E-state index contributed by atoms with van der Waals surface area (Å²) in [6.45, 7) is 4.49. The second kappa shape index (κ2) is 19.9. The highest BCUT2D eigenvalue weighted by Crippen LogP contribution is 2.64. The molecule has 5 aliphatic heterocycles. The van der Waals surface area contributed by atoms with Gasteiger partial charge >= 0.3 is 0 Å². The van der Waals surface area contributed by atoms with Crippen molar-refractivity contribution in [3.05, 3.63) is 348 Å². The summed E-state index contributed by atoms with van der Waals surface area (Å²) in [6, 6.07) is 118. The van der Waals surface area contributed by atoms with E-state index < -0.39 is 10.8 Å². The summed E-state index contributed by atoms with van der Waals surface area (Å²) >= 11 is 0. The van der Waals surface area contributed by atoms with Gasteiger partial charge in [0.25, 0.3) is 6.71 Å². The maximum absolute atomic E-state index is 10.5. The van der Waals surface area contributed by atoms with Crippen molar-refractivity contribution < 1.29 is 4.74 Å².